The van der Waals surface area contributed by atoms with Crippen molar-refractivity contribution in [2.45, 2.75) is 20.8 Å². The van der Waals surface area contributed by atoms with E-state index in [2.05, 4.69) is 5.32 Å². The van der Waals surface area contributed by atoms with Crippen molar-refractivity contribution in [1.82, 2.24) is 0 Å². The Hall–Kier alpha value is -1.91. The van der Waals surface area contributed by atoms with Gasteiger partial charge in [-0.1, -0.05) is 19.9 Å². The van der Waals surface area contributed by atoms with Crippen molar-refractivity contribution in [3.05, 3.63) is 29.6 Å². The third-order valence-electron chi connectivity index (χ3n) is 3.83. The van der Waals surface area contributed by atoms with E-state index in [0.717, 1.165) is 5.56 Å². The first-order valence-corrected chi connectivity index (χ1v) is 6.05. The van der Waals surface area contributed by atoms with Gasteiger partial charge in [0.25, 0.3) is 0 Å². The van der Waals surface area contributed by atoms with Gasteiger partial charge in [-0.25, -0.2) is 4.39 Å². The number of aliphatic carboxylic acids is 1. The zero-order valence-electron chi connectivity index (χ0n) is 11.0. The second-order valence-corrected chi connectivity index (χ2v) is 5.56. The van der Waals surface area contributed by atoms with E-state index >= 15 is 0 Å². The number of carboxylic acids is 1. The van der Waals surface area contributed by atoms with Crippen molar-refractivity contribution in [2.24, 2.45) is 17.3 Å². The summed E-state index contributed by atoms with van der Waals surface area (Å²) < 4.78 is 13.1. The summed E-state index contributed by atoms with van der Waals surface area (Å²) in [5.74, 6) is -3.04. The van der Waals surface area contributed by atoms with Crippen LogP contribution in [0.2, 0.25) is 0 Å². The molecule has 0 saturated heterocycles. The van der Waals surface area contributed by atoms with Crippen molar-refractivity contribution in [3.8, 4) is 0 Å². The first-order chi connectivity index (χ1) is 8.75. The van der Waals surface area contributed by atoms with E-state index in [1.807, 2.05) is 0 Å². The number of carboxylic acid groups (broad SMARTS) is 1. The van der Waals surface area contributed by atoms with Gasteiger partial charge < -0.3 is 10.4 Å². The summed E-state index contributed by atoms with van der Waals surface area (Å²) >= 11 is 0. The molecule has 0 aromatic heterocycles. The molecular formula is C14H16FNO3. The number of carbonyl (C=O) groups is 2. The van der Waals surface area contributed by atoms with Crippen molar-refractivity contribution in [1.29, 1.82) is 0 Å². The fourth-order valence-electron chi connectivity index (χ4n) is 2.53. The van der Waals surface area contributed by atoms with Crippen LogP contribution in [0.25, 0.3) is 0 Å². The molecule has 1 aromatic carbocycles. The Labute approximate surface area is 110 Å². The summed E-state index contributed by atoms with van der Waals surface area (Å²) in [5, 5.41) is 11.6. The molecule has 102 valence electrons. The van der Waals surface area contributed by atoms with Gasteiger partial charge >= 0.3 is 5.97 Å². The highest BCUT2D eigenvalue weighted by atomic mass is 19.1. The maximum Gasteiger partial charge on any atom is 0.307 e. The van der Waals surface area contributed by atoms with E-state index < -0.39 is 29.0 Å². The highest BCUT2D eigenvalue weighted by Gasteiger charge is 2.65. The Morgan fingerprint density at radius 2 is 1.95 bits per heavy atom. The first kappa shape index (κ1) is 13.5. The van der Waals surface area contributed by atoms with Gasteiger partial charge in [0.15, 0.2) is 0 Å². The SMILES string of the molecule is Cc1ccc(F)cc1NC(=O)[C@H]1[C@@H](C(=O)O)C1(C)C. The van der Waals surface area contributed by atoms with Gasteiger partial charge in [-0.2, -0.15) is 0 Å². The summed E-state index contributed by atoms with van der Waals surface area (Å²) in [6.45, 7) is 5.24. The van der Waals surface area contributed by atoms with Crippen LogP contribution in [-0.2, 0) is 9.59 Å². The van der Waals surface area contributed by atoms with Crippen molar-refractivity contribution in [2.75, 3.05) is 5.32 Å². The molecule has 4 nitrogen and oxygen atoms in total. The summed E-state index contributed by atoms with van der Waals surface area (Å²) in [7, 11) is 0. The van der Waals surface area contributed by atoms with Crippen molar-refractivity contribution in [3.63, 3.8) is 0 Å². The molecule has 0 spiro atoms. The second-order valence-electron chi connectivity index (χ2n) is 5.56. The molecule has 1 aromatic rings. The lowest BCUT2D eigenvalue weighted by Gasteiger charge is -2.09. The van der Waals surface area contributed by atoms with E-state index in [1.54, 1.807) is 26.8 Å². The van der Waals surface area contributed by atoms with Crippen LogP contribution < -0.4 is 5.32 Å². The first-order valence-electron chi connectivity index (χ1n) is 6.05. The zero-order valence-corrected chi connectivity index (χ0v) is 11.0. The summed E-state index contributed by atoms with van der Waals surface area (Å²) in [5.41, 5.74) is 0.564. The molecule has 1 aliphatic rings. The highest BCUT2D eigenvalue weighted by molar-refractivity contribution is 6.00. The second kappa shape index (κ2) is 4.33. The maximum absolute atomic E-state index is 13.1. The van der Waals surface area contributed by atoms with Gasteiger partial charge in [-0.15, -0.1) is 0 Å². The number of amides is 1. The lowest BCUT2D eigenvalue weighted by atomic mass is 10.1. The van der Waals surface area contributed by atoms with Crippen molar-refractivity contribution < 1.29 is 19.1 Å². The molecule has 0 bridgehead atoms. The summed E-state index contributed by atoms with van der Waals surface area (Å²) in [6.07, 6.45) is 0. The fraction of sp³-hybridized carbons (Fsp3) is 0.429. The predicted octanol–water partition coefficient (Wildman–Crippen LogP) is 2.43. The molecule has 5 heteroatoms. The van der Waals surface area contributed by atoms with E-state index in [0.29, 0.717) is 5.69 Å². The molecule has 2 atom stereocenters. The molecule has 0 radical (unpaired) electrons. The number of benzene rings is 1. The number of rotatable bonds is 3. The minimum atomic E-state index is -0.971. The molecule has 0 aliphatic heterocycles. The average molecular weight is 265 g/mol. The van der Waals surface area contributed by atoms with Crippen LogP contribution in [0, 0.1) is 30.0 Å². The fourth-order valence-corrected chi connectivity index (χ4v) is 2.53. The zero-order chi connectivity index (χ0) is 14.4. The molecule has 2 N–H and O–H groups in total. The number of anilines is 1. The van der Waals surface area contributed by atoms with Gasteiger partial charge in [0, 0.05) is 5.69 Å². The van der Waals surface area contributed by atoms with Crippen molar-refractivity contribution >= 4 is 17.6 Å². The number of nitrogens with one attached hydrogen (secondary N) is 1. The lowest BCUT2D eigenvalue weighted by Crippen LogP contribution is -2.18. The quantitative estimate of drug-likeness (QED) is 0.882. The smallest absolute Gasteiger partial charge is 0.307 e. The van der Waals surface area contributed by atoms with Crippen LogP contribution in [0.15, 0.2) is 18.2 Å². The number of hydrogen-bond acceptors (Lipinski definition) is 2. The monoisotopic (exact) mass is 265 g/mol. The van der Waals surface area contributed by atoms with Gasteiger partial charge in [-0.05, 0) is 30.0 Å². The Morgan fingerprint density at radius 1 is 1.32 bits per heavy atom. The maximum atomic E-state index is 13.1. The predicted molar refractivity (Wildman–Crippen MR) is 68.2 cm³/mol. The van der Waals surface area contributed by atoms with Gasteiger partial charge in [0.05, 0.1) is 11.8 Å². The van der Waals surface area contributed by atoms with Crippen LogP contribution in [-0.4, -0.2) is 17.0 Å². The summed E-state index contributed by atoms with van der Waals surface area (Å²) in [4.78, 5) is 23.1. The van der Waals surface area contributed by atoms with E-state index in [1.165, 1.54) is 12.1 Å². The largest absolute Gasteiger partial charge is 0.481 e. The number of aryl methyl sites for hydroxylation is 1. The summed E-state index contributed by atoms with van der Waals surface area (Å²) in [6, 6.07) is 4.11. The number of halogens is 1. The standard InChI is InChI=1S/C14H16FNO3/c1-7-4-5-8(15)6-9(7)16-12(17)10-11(13(18)19)14(10,2)3/h4-6,10-11H,1-3H3,(H,16,17)(H,18,19)/t10-,11+/m1/s1. The molecule has 19 heavy (non-hydrogen) atoms. The molecule has 1 amide bonds. The molecule has 1 fully saturated rings. The highest BCUT2D eigenvalue weighted by Crippen LogP contribution is 2.58. The van der Waals surface area contributed by atoms with Gasteiger partial charge in [0.2, 0.25) is 5.91 Å². The minimum Gasteiger partial charge on any atom is -0.481 e. The van der Waals surface area contributed by atoms with E-state index in [9.17, 15) is 14.0 Å². The Bertz CT molecular complexity index is 554. The normalized spacial score (nSPS) is 23.8. The van der Waals surface area contributed by atoms with E-state index in [-0.39, 0.29) is 5.91 Å². The molecule has 1 aliphatic carbocycles. The third kappa shape index (κ3) is 2.32. The number of hydrogen-bond donors (Lipinski definition) is 2. The Balaban J connectivity index is 2.15. The molecule has 1 saturated carbocycles. The minimum absolute atomic E-state index is 0.369. The van der Waals surface area contributed by atoms with E-state index in [4.69, 9.17) is 5.11 Å². The van der Waals surface area contributed by atoms with Crippen LogP contribution in [0.5, 0.6) is 0 Å². The Kier molecular flexibility index (Phi) is 3.08. The molecular weight excluding hydrogens is 249 g/mol. The van der Waals surface area contributed by atoms with Gasteiger partial charge in [0.1, 0.15) is 5.82 Å². The lowest BCUT2D eigenvalue weighted by molar-refractivity contribution is -0.140. The average Bonchev–Trinajstić information content (AvgIpc) is 2.87. The molecule has 0 heterocycles. The van der Waals surface area contributed by atoms with Crippen LogP contribution in [0.4, 0.5) is 10.1 Å². The van der Waals surface area contributed by atoms with Gasteiger partial charge in [-0.3, -0.25) is 9.59 Å². The Morgan fingerprint density at radius 3 is 2.47 bits per heavy atom. The number of carbonyl (C=O) groups excluding carboxylic acids is 1. The van der Waals surface area contributed by atoms with Crippen LogP contribution in [0.1, 0.15) is 19.4 Å². The molecule has 0 unspecified atom stereocenters. The third-order valence-corrected chi connectivity index (χ3v) is 3.83. The molecule has 2 rings (SSSR count). The topological polar surface area (TPSA) is 66.4 Å². The van der Waals surface area contributed by atoms with Crippen LogP contribution in [0.3, 0.4) is 0 Å². The van der Waals surface area contributed by atoms with Crippen LogP contribution >= 0.6 is 0 Å².